The number of methoxy groups -OCH3 is 1. The van der Waals surface area contributed by atoms with Crippen LogP contribution >= 0.6 is 0 Å². The molecule has 3 unspecified atom stereocenters. The van der Waals surface area contributed by atoms with Gasteiger partial charge in [-0.2, -0.15) is 0 Å². The molecule has 10 heteroatoms. The first-order chi connectivity index (χ1) is 21.8. The fraction of sp³-hybridized carbons (Fsp3) is 0.543. The number of sulfonamides is 1. The molecule has 9 nitrogen and oxygen atoms in total. The minimum Gasteiger partial charge on any atom is -0.497 e. The number of nitrogens with zero attached hydrogens (tertiary/aromatic N) is 3. The zero-order valence-corrected chi connectivity index (χ0v) is 27.0. The highest BCUT2D eigenvalue weighted by atomic mass is 32.2. The number of aromatic nitrogens is 1. The third kappa shape index (κ3) is 4.46. The maximum Gasteiger partial charge on any atom is 0.264 e. The van der Waals surface area contributed by atoms with E-state index in [2.05, 4.69) is 31.2 Å². The van der Waals surface area contributed by atoms with Crippen LogP contribution in [0.3, 0.4) is 0 Å². The molecule has 0 radical (unpaired) electrons. The number of fused-ring (bicyclic) bond motifs is 9. The van der Waals surface area contributed by atoms with Crippen LogP contribution in [0.25, 0.3) is 22.2 Å². The summed E-state index contributed by atoms with van der Waals surface area (Å²) in [6, 6.07) is 12.3. The largest absolute Gasteiger partial charge is 0.497 e. The van der Waals surface area contributed by atoms with E-state index in [9.17, 15) is 13.2 Å². The van der Waals surface area contributed by atoms with E-state index in [1.807, 2.05) is 18.2 Å². The van der Waals surface area contributed by atoms with Crippen molar-refractivity contribution in [2.75, 3.05) is 39.0 Å². The zero-order chi connectivity index (χ0) is 31.1. The molecule has 3 aromatic rings. The molecule has 4 fully saturated rings. The Hall–Kier alpha value is -3.37. The molecule has 0 bridgehead atoms. The normalized spacial score (nSPS) is 26.1. The van der Waals surface area contributed by atoms with Crippen molar-refractivity contribution in [2.24, 2.45) is 0 Å². The van der Waals surface area contributed by atoms with Crippen molar-refractivity contribution in [2.45, 2.75) is 81.7 Å². The van der Waals surface area contributed by atoms with Gasteiger partial charge in [0.2, 0.25) is 15.9 Å². The van der Waals surface area contributed by atoms with Crippen LogP contribution < -0.4 is 9.46 Å². The molecule has 8 rings (SSSR count). The van der Waals surface area contributed by atoms with Crippen molar-refractivity contribution >= 4 is 32.7 Å². The second kappa shape index (κ2) is 10.6. The van der Waals surface area contributed by atoms with Crippen LogP contribution in [0, 0.1) is 0 Å². The molecule has 0 spiro atoms. The van der Waals surface area contributed by atoms with Crippen molar-refractivity contribution in [1.82, 2.24) is 19.1 Å². The lowest BCUT2D eigenvalue weighted by atomic mass is 9.80. The Morgan fingerprint density at radius 3 is 2.60 bits per heavy atom. The van der Waals surface area contributed by atoms with E-state index in [1.165, 1.54) is 43.7 Å². The van der Waals surface area contributed by atoms with Gasteiger partial charge >= 0.3 is 0 Å². The van der Waals surface area contributed by atoms with E-state index < -0.39 is 21.5 Å². The lowest BCUT2D eigenvalue weighted by Gasteiger charge is -2.41. The summed E-state index contributed by atoms with van der Waals surface area (Å²) in [6.07, 6.45) is 8.74. The van der Waals surface area contributed by atoms with Crippen molar-refractivity contribution < 1.29 is 22.7 Å². The molecule has 1 aromatic heterocycles. The van der Waals surface area contributed by atoms with Gasteiger partial charge in [-0.05, 0) is 92.9 Å². The van der Waals surface area contributed by atoms with E-state index in [0.29, 0.717) is 18.4 Å². The number of carbonyl (C=O) groups excluding carboxylic acids is 2. The van der Waals surface area contributed by atoms with Gasteiger partial charge in [-0.25, -0.2) is 13.1 Å². The number of rotatable bonds is 6. The summed E-state index contributed by atoms with van der Waals surface area (Å²) >= 11 is 0. The van der Waals surface area contributed by atoms with Crippen molar-refractivity contribution in [1.29, 1.82) is 0 Å². The summed E-state index contributed by atoms with van der Waals surface area (Å²) in [5.41, 5.74) is 5.02. The Kier molecular flexibility index (Phi) is 6.84. The van der Waals surface area contributed by atoms with Crippen molar-refractivity contribution in [3.05, 3.63) is 53.1 Å². The van der Waals surface area contributed by atoms with Gasteiger partial charge in [0.05, 0.1) is 24.1 Å². The summed E-state index contributed by atoms with van der Waals surface area (Å²) < 4.78 is 34.9. The highest BCUT2D eigenvalue weighted by Crippen LogP contribution is 2.67. The third-order valence-corrected chi connectivity index (χ3v) is 12.6. The van der Waals surface area contributed by atoms with Gasteiger partial charge in [0.1, 0.15) is 11.3 Å². The monoisotopic (exact) mass is 630 g/mol. The molecule has 1 N–H and O–H groups in total. The number of ether oxygens (including phenoxy) is 1. The van der Waals surface area contributed by atoms with Crippen LogP contribution in [-0.4, -0.2) is 79.7 Å². The first-order valence-corrected chi connectivity index (χ1v) is 18.4. The molecule has 2 saturated carbocycles. The van der Waals surface area contributed by atoms with E-state index in [4.69, 9.17) is 4.74 Å². The molecule has 2 aromatic carbocycles. The fourth-order valence-electron chi connectivity index (χ4n) is 9.03. The quantitative estimate of drug-likeness (QED) is 0.414. The molecular formula is C35H42N4O5S. The molecule has 3 aliphatic heterocycles. The summed E-state index contributed by atoms with van der Waals surface area (Å²) in [6.45, 7) is 5.01. The van der Waals surface area contributed by atoms with E-state index in [0.717, 1.165) is 73.4 Å². The van der Waals surface area contributed by atoms with Crippen LogP contribution in [0.2, 0.25) is 0 Å². The zero-order valence-electron chi connectivity index (χ0n) is 26.2. The first kappa shape index (κ1) is 29.1. The van der Waals surface area contributed by atoms with Gasteiger partial charge in [0.15, 0.2) is 0 Å². The first-order valence-electron chi connectivity index (χ1n) is 16.7. The Labute approximate surface area is 264 Å². The predicted octanol–water partition coefficient (Wildman–Crippen LogP) is 4.95. The molecule has 238 valence electrons. The maximum absolute atomic E-state index is 15.0. The third-order valence-electron chi connectivity index (χ3n) is 11.4. The van der Waals surface area contributed by atoms with Crippen LogP contribution in [0.15, 0.2) is 36.4 Å². The van der Waals surface area contributed by atoms with Gasteiger partial charge in [0, 0.05) is 48.1 Å². The number of carbonyl (C=O) groups is 2. The second-order valence-electron chi connectivity index (χ2n) is 13.7. The number of piperazine rings is 1. The van der Waals surface area contributed by atoms with Crippen LogP contribution in [-0.2, 0) is 20.4 Å². The molecule has 3 atom stereocenters. The summed E-state index contributed by atoms with van der Waals surface area (Å²) in [5.74, 6) is 0.487. The van der Waals surface area contributed by atoms with Crippen molar-refractivity contribution in [3.63, 3.8) is 0 Å². The molecule has 4 heterocycles. The average molecular weight is 631 g/mol. The number of benzene rings is 2. The lowest BCUT2D eigenvalue weighted by molar-refractivity contribution is -0.139. The molecule has 2 amide bonds. The minimum atomic E-state index is -3.73. The molecule has 2 aliphatic carbocycles. The summed E-state index contributed by atoms with van der Waals surface area (Å²) in [4.78, 5) is 32.9. The average Bonchev–Trinajstić information content (AvgIpc) is 3.48. The van der Waals surface area contributed by atoms with Gasteiger partial charge in [-0.3, -0.25) is 14.5 Å². The summed E-state index contributed by atoms with van der Waals surface area (Å²) in [5, 5.41) is 1.06. The van der Waals surface area contributed by atoms with Crippen LogP contribution in [0.4, 0.5) is 0 Å². The number of nitrogens with one attached hydrogen (secondary N) is 1. The number of amides is 2. The van der Waals surface area contributed by atoms with Crippen LogP contribution in [0.5, 0.6) is 5.75 Å². The Morgan fingerprint density at radius 2 is 1.82 bits per heavy atom. The van der Waals surface area contributed by atoms with Gasteiger partial charge in [-0.15, -0.1) is 0 Å². The van der Waals surface area contributed by atoms with E-state index in [1.54, 1.807) is 13.2 Å². The standard InChI is InChI=1S/C35H42N4O5S/c1-3-45(42,43)36-33(40)23-11-13-27-30(18-23)39-32(31(27)22-8-5-4-6-9-22)26-14-12-25(44-2)19-28(26)29-20-35(29,39)34(41)38-17-16-37-15-7-10-24(37)21-38/h11-14,18-19,22,24,29H,3-10,15-17,20-21H2,1-2H3,(H,36,40). The SMILES string of the molecule is CCS(=O)(=O)NC(=O)c1ccc2c(C3CCCCC3)c3n(c2c1)C1(C(=O)N2CCN4CCCC4C2)CC1c1cc(OC)ccc1-3. The van der Waals surface area contributed by atoms with E-state index >= 15 is 4.79 Å². The molecule has 45 heavy (non-hydrogen) atoms. The van der Waals surface area contributed by atoms with E-state index in [-0.39, 0.29) is 23.1 Å². The Morgan fingerprint density at radius 1 is 1.00 bits per heavy atom. The van der Waals surface area contributed by atoms with Gasteiger partial charge < -0.3 is 14.2 Å². The van der Waals surface area contributed by atoms with Gasteiger partial charge in [-0.1, -0.05) is 25.3 Å². The predicted molar refractivity (Wildman–Crippen MR) is 173 cm³/mol. The molecular weight excluding hydrogens is 588 g/mol. The Bertz CT molecular complexity index is 1830. The number of hydrogen-bond acceptors (Lipinski definition) is 6. The topological polar surface area (TPSA) is 101 Å². The summed E-state index contributed by atoms with van der Waals surface area (Å²) in [7, 11) is -2.04. The molecule has 5 aliphatic rings. The highest BCUT2D eigenvalue weighted by Gasteiger charge is 2.67. The Balaban J connectivity index is 1.35. The van der Waals surface area contributed by atoms with Crippen molar-refractivity contribution in [3.8, 4) is 17.0 Å². The van der Waals surface area contributed by atoms with Gasteiger partial charge in [0.25, 0.3) is 5.91 Å². The minimum absolute atomic E-state index is 0.00281. The smallest absolute Gasteiger partial charge is 0.264 e. The number of hydrogen-bond donors (Lipinski definition) is 1. The fourth-order valence-corrected chi connectivity index (χ4v) is 9.58. The second-order valence-corrected chi connectivity index (χ2v) is 15.7. The van der Waals surface area contributed by atoms with Crippen LogP contribution in [0.1, 0.15) is 91.6 Å². The molecule has 2 saturated heterocycles. The maximum atomic E-state index is 15.0. The highest BCUT2D eigenvalue weighted by molar-refractivity contribution is 7.90. The lowest BCUT2D eigenvalue weighted by Crippen LogP contribution is -2.55.